The number of hydrogen-bond acceptors (Lipinski definition) is 4. The second-order valence-electron chi connectivity index (χ2n) is 5.20. The maximum atomic E-state index is 10.8. The van der Waals surface area contributed by atoms with Crippen LogP contribution in [0.3, 0.4) is 0 Å². The van der Waals surface area contributed by atoms with Crippen molar-refractivity contribution in [2.45, 2.75) is 36.9 Å². The monoisotopic (exact) mass is 301 g/mol. The quantitative estimate of drug-likeness (QED) is 0.877. The van der Waals surface area contributed by atoms with Crippen LogP contribution >= 0.6 is 11.8 Å². The van der Waals surface area contributed by atoms with Gasteiger partial charge in [0.1, 0.15) is 0 Å². The molecule has 1 aromatic carbocycles. The second-order valence-corrected chi connectivity index (χ2v) is 6.14. The van der Waals surface area contributed by atoms with E-state index in [0.717, 1.165) is 29.0 Å². The van der Waals surface area contributed by atoms with Gasteiger partial charge in [-0.15, -0.1) is 0 Å². The van der Waals surface area contributed by atoms with Crippen molar-refractivity contribution < 1.29 is 9.90 Å². The molecule has 3 rings (SSSR count). The Morgan fingerprint density at radius 2 is 2.24 bits per heavy atom. The Labute approximate surface area is 126 Å². The molecule has 6 heteroatoms. The van der Waals surface area contributed by atoms with Crippen LogP contribution in [0.25, 0.3) is 11.0 Å². The Balaban J connectivity index is 2.09. The molecular weight excluding hydrogens is 286 g/mol. The Bertz CT molecular complexity index is 726. The highest BCUT2D eigenvalue weighted by atomic mass is 32.2. The summed E-state index contributed by atoms with van der Waals surface area (Å²) < 4.78 is 2.14. The largest absolute Gasteiger partial charge is 0.481 e. The van der Waals surface area contributed by atoms with E-state index >= 15 is 0 Å². The van der Waals surface area contributed by atoms with Crippen molar-refractivity contribution >= 4 is 28.8 Å². The van der Waals surface area contributed by atoms with Crippen molar-refractivity contribution in [3.63, 3.8) is 0 Å². The fourth-order valence-corrected chi connectivity index (χ4v) is 3.69. The van der Waals surface area contributed by atoms with Gasteiger partial charge in [-0.05, 0) is 31.0 Å². The highest BCUT2D eigenvalue weighted by molar-refractivity contribution is 7.99. The molecule has 1 aliphatic carbocycles. The summed E-state index contributed by atoms with van der Waals surface area (Å²) in [5, 5.41) is 18.7. The lowest BCUT2D eigenvalue weighted by molar-refractivity contribution is -0.133. The van der Waals surface area contributed by atoms with Crippen molar-refractivity contribution in [2.24, 2.45) is 0 Å². The maximum absolute atomic E-state index is 10.8. The van der Waals surface area contributed by atoms with E-state index in [9.17, 15) is 4.79 Å². The molecule has 1 N–H and O–H groups in total. The normalized spacial score (nSPS) is 15.4. The third kappa shape index (κ3) is 2.74. The van der Waals surface area contributed by atoms with Crippen LogP contribution in [0.4, 0.5) is 0 Å². The van der Waals surface area contributed by atoms with Gasteiger partial charge in [0.05, 0.1) is 28.4 Å². The molecule has 108 valence electrons. The van der Waals surface area contributed by atoms with Crippen molar-refractivity contribution in [3.05, 3.63) is 23.8 Å². The van der Waals surface area contributed by atoms with Crippen LogP contribution in [0, 0.1) is 11.3 Å². The van der Waals surface area contributed by atoms with E-state index in [2.05, 4.69) is 15.6 Å². The summed E-state index contributed by atoms with van der Waals surface area (Å²) in [7, 11) is 0. The van der Waals surface area contributed by atoms with Crippen LogP contribution in [-0.2, 0) is 4.79 Å². The highest BCUT2D eigenvalue weighted by Crippen LogP contribution is 2.36. The van der Waals surface area contributed by atoms with Crippen molar-refractivity contribution in [1.29, 1.82) is 5.26 Å². The highest BCUT2D eigenvalue weighted by Gasteiger charge is 2.23. The third-order valence-electron chi connectivity index (χ3n) is 3.80. The topological polar surface area (TPSA) is 78.9 Å². The summed E-state index contributed by atoms with van der Waals surface area (Å²) in [6.07, 6.45) is 4.54. The summed E-state index contributed by atoms with van der Waals surface area (Å²) >= 11 is 1.25. The molecular formula is C15H15N3O2S. The van der Waals surface area contributed by atoms with Crippen LogP contribution in [0.15, 0.2) is 23.4 Å². The number of nitriles is 1. The van der Waals surface area contributed by atoms with Gasteiger partial charge in [0.2, 0.25) is 0 Å². The van der Waals surface area contributed by atoms with Gasteiger partial charge in [0, 0.05) is 6.04 Å². The minimum absolute atomic E-state index is 0.00114. The first-order chi connectivity index (χ1) is 10.2. The van der Waals surface area contributed by atoms with Crippen molar-refractivity contribution in [2.75, 3.05) is 5.75 Å². The van der Waals surface area contributed by atoms with Crippen LogP contribution in [0.2, 0.25) is 0 Å². The van der Waals surface area contributed by atoms with Crippen molar-refractivity contribution in [1.82, 2.24) is 9.55 Å². The van der Waals surface area contributed by atoms with E-state index in [-0.39, 0.29) is 5.75 Å². The van der Waals surface area contributed by atoms with Gasteiger partial charge >= 0.3 is 5.97 Å². The zero-order chi connectivity index (χ0) is 14.8. The second kappa shape index (κ2) is 5.78. The molecule has 1 saturated carbocycles. The first kappa shape index (κ1) is 14.0. The molecule has 0 aliphatic heterocycles. The zero-order valence-corrected chi connectivity index (χ0v) is 12.3. The Hall–Kier alpha value is -2.00. The first-order valence-electron chi connectivity index (χ1n) is 6.95. The molecule has 1 aromatic heterocycles. The van der Waals surface area contributed by atoms with Gasteiger partial charge in [-0.3, -0.25) is 4.79 Å². The number of thioether (sulfide) groups is 1. The average molecular weight is 301 g/mol. The molecule has 5 nitrogen and oxygen atoms in total. The van der Waals surface area contributed by atoms with E-state index in [1.807, 2.05) is 12.1 Å². The molecule has 0 saturated heterocycles. The third-order valence-corrected chi connectivity index (χ3v) is 4.74. The number of aromatic nitrogens is 2. The number of imidazole rings is 1. The number of benzene rings is 1. The number of carboxylic acids is 1. The minimum Gasteiger partial charge on any atom is -0.481 e. The van der Waals surface area contributed by atoms with E-state index in [4.69, 9.17) is 10.4 Å². The Morgan fingerprint density at radius 3 is 2.90 bits per heavy atom. The lowest BCUT2D eigenvalue weighted by atomic mass is 10.2. The summed E-state index contributed by atoms with van der Waals surface area (Å²) in [5.41, 5.74) is 2.37. The zero-order valence-electron chi connectivity index (χ0n) is 11.5. The first-order valence-corrected chi connectivity index (χ1v) is 7.94. The molecule has 0 spiro atoms. The van der Waals surface area contributed by atoms with Gasteiger partial charge in [-0.25, -0.2) is 4.98 Å². The van der Waals surface area contributed by atoms with Crippen LogP contribution in [0.5, 0.6) is 0 Å². The van der Waals surface area contributed by atoms with Gasteiger partial charge in [0.25, 0.3) is 0 Å². The predicted molar refractivity (Wildman–Crippen MR) is 80.3 cm³/mol. The Kier molecular flexibility index (Phi) is 3.84. The summed E-state index contributed by atoms with van der Waals surface area (Å²) in [6.45, 7) is 0. The molecule has 1 fully saturated rings. The minimum atomic E-state index is -0.845. The fourth-order valence-electron chi connectivity index (χ4n) is 2.88. The van der Waals surface area contributed by atoms with Gasteiger partial charge in [-0.1, -0.05) is 24.6 Å². The molecule has 0 atom stereocenters. The van der Waals surface area contributed by atoms with E-state index in [1.165, 1.54) is 24.6 Å². The number of hydrogen-bond donors (Lipinski definition) is 1. The van der Waals surface area contributed by atoms with Gasteiger partial charge in [0.15, 0.2) is 5.16 Å². The Morgan fingerprint density at radius 1 is 1.48 bits per heavy atom. The number of fused-ring (bicyclic) bond motifs is 1. The lowest BCUT2D eigenvalue weighted by Gasteiger charge is -2.15. The number of carboxylic acid groups (broad SMARTS) is 1. The molecule has 0 radical (unpaired) electrons. The maximum Gasteiger partial charge on any atom is 0.313 e. The molecule has 1 heterocycles. The smallest absolute Gasteiger partial charge is 0.313 e. The van der Waals surface area contributed by atoms with E-state index < -0.39 is 5.97 Å². The fraction of sp³-hybridized carbons (Fsp3) is 0.400. The molecule has 2 aromatic rings. The average Bonchev–Trinajstić information content (AvgIpc) is 3.10. The summed E-state index contributed by atoms with van der Waals surface area (Å²) in [5.74, 6) is -0.844. The van der Waals surface area contributed by atoms with Gasteiger partial charge in [-0.2, -0.15) is 5.26 Å². The van der Waals surface area contributed by atoms with Crippen LogP contribution < -0.4 is 0 Å². The molecule has 1 aliphatic rings. The molecule has 0 bridgehead atoms. The SMILES string of the molecule is N#Cc1ccc2nc(SCC(=O)O)n(C3CCCC3)c2c1. The molecule has 0 unspecified atom stereocenters. The summed E-state index contributed by atoms with van der Waals surface area (Å²) in [4.78, 5) is 15.4. The number of carbonyl (C=O) groups is 1. The van der Waals surface area contributed by atoms with Crippen molar-refractivity contribution in [3.8, 4) is 6.07 Å². The number of rotatable bonds is 4. The van der Waals surface area contributed by atoms with Gasteiger partial charge < -0.3 is 9.67 Å². The van der Waals surface area contributed by atoms with E-state index in [1.54, 1.807) is 6.07 Å². The predicted octanol–water partition coefficient (Wildman–Crippen LogP) is 3.20. The molecule has 0 amide bonds. The summed E-state index contributed by atoms with van der Waals surface area (Å²) in [6, 6.07) is 7.96. The lowest BCUT2D eigenvalue weighted by Crippen LogP contribution is -2.08. The number of aliphatic carboxylic acids is 1. The van der Waals surface area contributed by atoms with E-state index in [0.29, 0.717) is 11.6 Å². The van der Waals surface area contributed by atoms with Crippen LogP contribution in [0.1, 0.15) is 37.3 Å². The van der Waals surface area contributed by atoms with Crippen LogP contribution in [-0.4, -0.2) is 26.4 Å². The standard InChI is InChI=1S/C15H15N3O2S/c16-8-10-5-6-12-13(7-10)18(11-3-1-2-4-11)15(17-12)21-9-14(19)20/h5-7,11H,1-4,9H2,(H,19,20). The number of nitrogens with zero attached hydrogens (tertiary/aromatic N) is 3. The molecule has 21 heavy (non-hydrogen) atoms.